The molecule has 2 nitrogen and oxygen atoms in total. The fraction of sp³-hybridized carbons (Fsp3) is 1.00. The van der Waals surface area contributed by atoms with Gasteiger partial charge in [-0.05, 0) is 32.1 Å². The molecule has 0 aromatic rings. The van der Waals surface area contributed by atoms with E-state index in [0.717, 1.165) is 6.42 Å². The van der Waals surface area contributed by atoms with Crippen molar-refractivity contribution in [3.63, 3.8) is 0 Å². The highest BCUT2D eigenvalue weighted by Gasteiger charge is 2.13. The Balaban J connectivity index is 3.30. The van der Waals surface area contributed by atoms with Gasteiger partial charge in [-0.1, -0.05) is 103 Å². The summed E-state index contributed by atoms with van der Waals surface area (Å²) in [5.74, 6) is 0. The lowest BCUT2D eigenvalue weighted by Crippen LogP contribution is -2.41. The molecule has 0 aliphatic heterocycles. The molecular weight excluding hydrogens is 342 g/mol. The summed E-state index contributed by atoms with van der Waals surface area (Å²) in [6.07, 6.45) is 27.8. The molecule has 170 valence electrons. The van der Waals surface area contributed by atoms with Crippen molar-refractivity contribution in [1.82, 2.24) is 0 Å². The van der Waals surface area contributed by atoms with Crippen molar-refractivity contribution in [3.8, 4) is 0 Å². The molecule has 0 atom stereocenters. The highest BCUT2D eigenvalue weighted by atomic mass is 16.2. The lowest BCUT2D eigenvalue weighted by Gasteiger charge is -2.30. The van der Waals surface area contributed by atoms with Gasteiger partial charge in [-0.15, -0.1) is 0 Å². The molecule has 0 saturated carbocycles. The third kappa shape index (κ3) is 22.2. The average molecular weight is 399 g/mol. The quantitative estimate of drug-likeness (QED) is 0.137. The first-order chi connectivity index (χ1) is 13.6. The molecule has 0 amide bonds. The molecule has 2 heteroatoms. The molecule has 0 saturated heterocycles. The van der Waals surface area contributed by atoms with E-state index in [1.54, 1.807) is 0 Å². The molecule has 0 aliphatic rings. The van der Waals surface area contributed by atoms with Crippen LogP contribution in [0.1, 0.15) is 135 Å². The molecule has 0 fully saturated rings. The van der Waals surface area contributed by atoms with Gasteiger partial charge < -0.3 is 9.59 Å². The monoisotopic (exact) mass is 398 g/mol. The van der Waals surface area contributed by atoms with Crippen molar-refractivity contribution in [2.75, 3.05) is 33.8 Å². The number of rotatable bonds is 23. The van der Waals surface area contributed by atoms with E-state index in [-0.39, 0.29) is 0 Å². The Bertz CT molecular complexity index is 290. The highest BCUT2D eigenvalue weighted by Crippen LogP contribution is 2.14. The van der Waals surface area contributed by atoms with E-state index in [4.69, 9.17) is 5.11 Å². The van der Waals surface area contributed by atoms with Crippen molar-refractivity contribution < 1.29 is 9.59 Å². The summed E-state index contributed by atoms with van der Waals surface area (Å²) in [5, 5.41) is 8.77. The fourth-order valence-electron chi connectivity index (χ4n) is 4.20. The fourth-order valence-corrected chi connectivity index (χ4v) is 4.20. The second-order valence-electron chi connectivity index (χ2n) is 9.82. The van der Waals surface area contributed by atoms with Crippen LogP contribution in [-0.4, -0.2) is 43.4 Å². The van der Waals surface area contributed by atoms with Crippen LogP contribution in [0.25, 0.3) is 0 Å². The lowest BCUT2D eigenvalue weighted by molar-refractivity contribution is -0.890. The van der Waals surface area contributed by atoms with E-state index < -0.39 is 0 Å². The molecular formula is C26H56NO+. The van der Waals surface area contributed by atoms with Gasteiger partial charge in [0.25, 0.3) is 0 Å². The molecule has 0 bridgehead atoms. The number of hydrogen-bond acceptors (Lipinski definition) is 1. The van der Waals surface area contributed by atoms with Gasteiger partial charge in [0.1, 0.15) is 0 Å². The summed E-state index contributed by atoms with van der Waals surface area (Å²) in [6, 6.07) is 0. The van der Waals surface area contributed by atoms with E-state index in [1.165, 1.54) is 140 Å². The Labute approximate surface area is 179 Å². The van der Waals surface area contributed by atoms with Gasteiger partial charge in [0.15, 0.2) is 0 Å². The van der Waals surface area contributed by atoms with Crippen molar-refractivity contribution >= 4 is 0 Å². The summed E-state index contributed by atoms with van der Waals surface area (Å²) in [6.45, 7) is 5.39. The lowest BCUT2D eigenvalue weighted by atomic mass is 10.1. The molecule has 0 aliphatic carbocycles. The molecule has 0 radical (unpaired) electrons. The van der Waals surface area contributed by atoms with Gasteiger partial charge >= 0.3 is 0 Å². The van der Waals surface area contributed by atoms with Crippen LogP contribution in [0.2, 0.25) is 0 Å². The van der Waals surface area contributed by atoms with E-state index in [2.05, 4.69) is 21.0 Å². The van der Waals surface area contributed by atoms with Crippen molar-refractivity contribution in [2.24, 2.45) is 0 Å². The van der Waals surface area contributed by atoms with E-state index in [1.807, 2.05) is 0 Å². The maximum atomic E-state index is 8.77. The molecule has 0 rings (SSSR count). The van der Waals surface area contributed by atoms with Gasteiger partial charge in [0.05, 0.1) is 27.2 Å². The third-order valence-corrected chi connectivity index (χ3v) is 6.29. The zero-order valence-corrected chi connectivity index (χ0v) is 20.2. The van der Waals surface area contributed by atoms with Crippen LogP contribution >= 0.6 is 0 Å². The Morgan fingerprint density at radius 1 is 0.429 bits per heavy atom. The van der Waals surface area contributed by atoms with Crippen molar-refractivity contribution in [3.05, 3.63) is 0 Å². The number of quaternary nitrogens is 1. The molecule has 0 spiro atoms. The normalized spacial score (nSPS) is 12.0. The molecule has 0 unspecified atom stereocenters. The molecule has 1 N–H and O–H groups in total. The first kappa shape index (κ1) is 27.9. The summed E-state index contributed by atoms with van der Waals surface area (Å²) in [5.41, 5.74) is 0. The average Bonchev–Trinajstić information content (AvgIpc) is 2.67. The number of unbranched alkanes of at least 4 members (excludes halogenated alkanes) is 18. The van der Waals surface area contributed by atoms with E-state index >= 15 is 0 Å². The minimum Gasteiger partial charge on any atom is -0.396 e. The molecule has 0 heterocycles. The maximum absolute atomic E-state index is 8.77. The number of hydrogen-bond donors (Lipinski definition) is 1. The van der Waals surface area contributed by atoms with Crippen LogP contribution < -0.4 is 0 Å². The second-order valence-corrected chi connectivity index (χ2v) is 9.82. The van der Waals surface area contributed by atoms with Crippen LogP contribution in [-0.2, 0) is 0 Å². The Morgan fingerprint density at radius 3 is 1.04 bits per heavy atom. The standard InChI is InChI=1S/C26H56NO/c1-4-5-6-7-8-9-12-15-18-21-24-27(2,3)25-22-19-16-13-10-11-14-17-20-23-26-28/h28H,4-26H2,1-3H3/q+1. The number of nitrogens with zero attached hydrogens (tertiary/aromatic N) is 1. The van der Waals surface area contributed by atoms with Crippen LogP contribution in [0, 0.1) is 0 Å². The first-order valence-electron chi connectivity index (χ1n) is 13.1. The van der Waals surface area contributed by atoms with Crippen LogP contribution in [0.5, 0.6) is 0 Å². The van der Waals surface area contributed by atoms with E-state index in [9.17, 15) is 0 Å². The summed E-state index contributed by atoms with van der Waals surface area (Å²) < 4.78 is 1.22. The van der Waals surface area contributed by atoms with Gasteiger partial charge in [0.2, 0.25) is 0 Å². The predicted molar refractivity (Wildman–Crippen MR) is 127 cm³/mol. The molecule has 0 aromatic heterocycles. The zero-order valence-electron chi connectivity index (χ0n) is 20.2. The number of aliphatic hydroxyl groups is 1. The zero-order chi connectivity index (χ0) is 20.8. The first-order valence-corrected chi connectivity index (χ1v) is 13.1. The van der Waals surface area contributed by atoms with Crippen LogP contribution in [0.3, 0.4) is 0 Å². The van der Waals surface area contributed by atoms with Gasteiger partial charge in [-0.2, -0.15) is 0 Å². The minimum atomic E-state index is 0.369. The largest absolute Gasteiger partial charge is 0.396 e. The molecule has 28 heavy (non-hydrogen) atoms. The summed E-state index contributed by atoms with van der Waals surface area (Å²) in [7, 11) is 4.86. The SMILES string of the molecule is CCCCCCCCCCCC[N+](C)(C)CCCCCCCCCCCCO. The predicted octanol–water partition coefficient (Wildman–Crippen LogP) is 7.88. The summed E-state index contributed by atoms with van der Waals surface area (Å²) in [4.78, 5) is 0. The Morgan fingerprint density at radius 2 is 0.714 bits per heavy atom. The highest BCUT2D eigenvalue weighted by molar-refractivity contribution is 4.50. The van der Waals surface area contributed by atoms with Crippen molar-refractivity contribution in [2.45, 2.75) is 135 Å². The maximum Gasteiger partial charge on any atom is 0.0782 e. The van der Waals surface area contributed by atoms with Gasteiger partial charge in [-0.3, -0.25) is 0 Å². The van der Waals surface area contributed by atoms with Crippen molar-refractivity contribution in [1.29, 1.82) is 0 Å². The molecule has 0 aromatic carbocycles. The topological polar surface area (TPSA) is 20.2 Å². The van der Waals surface area contributed by atoms with Gasteiger partial charge in [-0.25, -0.2) is 0 Å². The second kappa shape index (κ2) is 21.6. The Kier molecular flexibility index (Phi) is 21.6. The van der Waals surface area contributed by atoms with E-state index in [0.29, 0.717) is 6.61 Å². The smallest absolute Gasteiger partial charge is 0.0782 e. The van der Waals surface area contributed by atoms with Gasteiger partial charge in [0, 0.05) is 6.61 Å². The summed E-state index contributed by atoms with van der Waals surface area (Å²) >= 11 is 0. The minimum absolute atomic E-state index is 0.369. The van der Waals surface area contributed by atoms with Crippen LogP contribution in [0.4, 0.5) is 0 Å². The third-order valence-electron chi connectivity index (χ3n) is 6.29. The number of aliphatic hydroxyl groups excluding tert-OH is 1. The Hall–Kier alpha value is -0.0800. The van der Waals surface area contributed by atoms with Crippen LogP contribution in [0.15, 0.2) is 0 Å².